The van der Waals surface area contributed by atoms with Crippen LogP contribution >= 0.6 is 0 Å². The molecule has 2 aromatic carbocycles. The summed E-state index contributed by atoms with van der Waals surface area (Å²) in [6.45, 7) is 4.01. The average Bonchev–Trinajstić information content (AvgIpc) is 2.74. The summed E-state index contributed by atoms with van der Waals surface area (Å²) < 4.78 is 32.5. The number of para-hydroxylation sites is 1. The number of ether oxygens (including phenoxy) is 1. The first-order valence-corrected chi connectivity index (χ1v) is 10.7. The summed E-state index contributed by atoms with van der Waals surface area (Å²) in [6, 6.07) is 13.3. The fourth-order valence-corrected chi connectivity index (χ4v) is 4.46. The molecule has 0 atom stereocenters. The Hall–Kier alpha value is -2.69. The van der Waals surface area contributed by atoms with Gasteiger partial charge >= 0.3 is 0 Å². The van der Waals surface area contributed by atoms with Gasteiger partial charge in [-0.2, -0.15) is 0 Å². The molecule has 0 amide bonds. The lowest BCUT2D eigenvalue weighted by Crippen LogP contribution is -2.48. The lowest BCUT2D eigenvalue weighted by Gasteiger charge is -2.36. The van der Waals surface area contributed by atoms with E-state index in [9.17, 15) is 18.5 Å². The number of anilines is 1. The molecule has 1 fully saturated rings. The summed E-state index contributed by atoms with van der Waals surface area (Å²) in [4.78, 5) is 14.5. The van der Waals surface area contributed by atoms with Crippen LogP contribution in [0.25, 0.3) is 0 Å². The Morgan fingerprint density at radius 1 is 1.07 bits per heavy atom. The van der Waals surface area contributed by atoms with Gasteiger partial charge in [-0.15, -0.1) is 0 Å². The van der Waals surface area contributed by atoms with Gasteiger partial charge in [-0.25, -0.2) is 13.1 Å². The van der Waals surface area contributed by atoms with Gasteiger partial charge in [0, 0.05) is 51.0 Å². The number of benzene rings is 2. The minimum atomic E-state index is -3.94. The summed E-state index contributed by atoms with van der Waals surface area (Å²) in [5.41, 5.74) is 0.704. The van der Waals surface area contributed by atoms with Crippen molar-refractivity contribution in [2.45, 2.75) is 4.90 Å². The fourth-order valence-electron chi connectivity index (χ4n) is 3.27. The largest absolute Gasteiger partial charge is 0.497 e. The lowest BCUT2D eigenvalue weighted by molar-refractivity contribution is -0.387. The number of piperazine rings is 1. The summed E-state index contributed by atoms with van der Waals surface area (Å²) in [5, 5.41) is 11.1. The molecule has 156 valence electrons. The molecule has 1 aliphatic rings. The molecule has 3 rings (SSSR count). The van der Waals surface area contributed by atoms with Crippen LogP contribution in [0.2, 0.25) is 0 Å². The van der Waals surface area contributed by atoms with E-state index in [0.717, 1.165) is 37.6 Å². The van der Waals surface area contributed by atoms with E-state index in [1.54, 1.807) is 7.11 Å². The number of nitrogens with one attached hydrogen (secondary N) is 1. The van der Waals surface area contributed by atoms with Gasteiger partial charge in [0.2, 0.25) is 10.0 Å². The highest BCUT2D eigenvalue weighted by atomic mass is 32.2. The Morgan fingerprint density at radius 2 is 1.72 bits per heavy atom. The summed E-state index contributed by atoms with van der Waals surface area (Å²) in [5.74, 6) is 0.818. The van der Waals surface area contributed by atoms with Crippen LogP contribution in [0.3, 0.4) is 0 Å². The SMILES string of the molecule is COc1ccc(N2CCN(CCNS(=O)(=O)c3ccccc3[N+](=O)[O-])CC2)cc1. The maximum atomic E-state index is 12.4. The molecular formula is C19H24N4O5S. The highest BCUT2D eigenvalue weighted by molar-refractivity contribution is 7.89. The van der Waals surface area contributed by atoms with Crippen LogP contribution in [0.5, 0.6) is 5.75 Å². The maximum absolute atomic E-state index is 12.4. The van der Waals surface area contributed by atoms with Crippen molar-refractivity contribution in [2.24, 2.45) is 0 Å². The van der Waals surface area contributed by atoms with Crippen LogP contribution < -0.4 is 14.4 Å². The zero-order valence-corrected chi connectivity index (χ0v) is 17.0. The lowest BCUT2D eigenvalue weighted by atomic mass is 10.2. The molecule has 1 aliphatic heterocycles. The molecule has 1 N–H and O–H groups in total. The van der Waals surface area contributed by atoms with Crippen molar-refractivity contribution >= 4 is 21.4 Å². The van der Waals surface area contributed by atoms with E-state index >= 15 is 0 Å². The molecule has 10 heteroatoms. The van der Waals surface area contributed by atoms with Crippen LogP contribution in [0.15, 0.2) is 53.4 Å². The number of methoxy groups -OCH3 is 1. The van der Waals surface area contributed by atoms with Crippen LogP contribution in [0, 0.1) is 10.1 Å². The number of hydrogen-bond acceptors (Lipinski definition) is 7. The monoisotopic (exact) mass is 420 g/mol. The molecule has 0 radical (unpaired) electrons. The fraction of sp³-hybridized carbons (Fsp3) is 0.368. The molecule has 9 nitrogen and oxygen atoms in total. The molecule has 1 saturated heterocycles. The number of hydrogen-bond donors (Lipinski definition) is 1. The highest BCUT2D eigenvalue weighted by Gasteiger charge is 2.25. The molecule has 1 heterocycles. The Kier molecular flexibility index (Phi) is 6.68. The quantitative estimate of drug-likeness (QED) is 0.512. The van der Waals surface area contributed by atoms with E-state index < -0.39 is 20.6 Å². The predicted molar refractivity (Wildman–Crippen MR) is 110 cm³/mol. The minimum absolute atomic E-state index is 0.191. The van der Waals surface area contributed by atoms with Crippen LogP contribution in [0.4, 0.5) is 11.4 Å². The van der Waals surface area contributed by atoms with Crippen molar-refractivity contribution in [1.82, 2.24) is 9.62 Å². The van der Waals surface area contributed by atoms with Gasteiger partial charge in [0.1, 0.15) is 5.75 Å². The topological polar surface area (TPSA) is 105 Å². The predicted octanol–water partition coefficient (Wildman–Crippen LogP) is 1.70. The summed E-state index contributed by atoms with van der Waals surface area (Å²) >= 11 is 0. The standard InChI is InChI=1S/C19H24N4O5S/c1-28-17-8-6-16(7-9-17)22-14-12-21(13-15-22)11-10-20-29(26,27)19-5-3-2-4-18(19)23(24)25/h2-9,20H,10-15H2,1H3. The summed E-state index contributed by atoms with van der Waals surface area (Å²) in [7, 11) is -2.30. The zero-order valence-electron chi connectivity index (χ0n) is 16.2. The Balaban J connectivity index is 1.50. The van der Waals surface area contributed by atoms with Gasteiger partial charge in [0.15, 0.2) is 4.90 Å². The smallest absolute Gasteiger partial charge is 0.289 e. The first-order valence-electron chi connectivity index (χ1n) is 9.25. The molecule has 29 heavy (non-hydrogen) atoms. The second kappa shape index (κ2) is 9.21. The molecular weight excluding hydrogens is 396 g/mol. The van der Waals surface area contributed by atoms with E-state index in [-0.39, 0.29) is 11.4 Å². The van der Waals surface area contributed by atoms with E-state index in [4.69, 9.17) is 4.74 Å². The molecule has 0 saturated carbocycles. The van der Waals surface area contributed by atoms with Crippen molar-refractivity contribution in [1.29, 1.82) is 0 Å². The van der Waals surface area contributed by atoms with E-state index in [2.05, 4.69) is 14.5 Å². The third-order valence-corrected chi connectivity index (χ3v) is 6.39. The van der Waals surface area contributed by atoms with Crippen LogP contribution in [0.1, 0.15) is 0 Å². The van der Waals surface area contributed by atoms with E-state index in [1.165, 1.54) is 24.3 Å². The van der Waals surface area contributed by atoms with Gasteiger partial charge in [-0.05, 0) is 30.3 Å². The first kappa shape index (κ1) is 21.0. The zero-order chi connectivity index (χ0) is 20.9. The molecule has 0 unspecified atom stereocenters. The molecule has 0 bridgehead atoms. The average molecular weight is 420 g/mol. The Bertz CT molecular complexity index is 941. The highest BCUT2D eigenvalue weighted by Crippen LogP contribution is 2.23. The van der Waals surface area contributed by atoms with E-state index in [1.807, 2.05) is 24.3 Å². The number of rotatable bonds is 8. The second-order valence-corrected chi connectivity index (χ2v) is 8.38. The minimum Gasteiger partial charge on any atom is -0.497 e. The number of nitro benzene ring substituents is 1. The van der Waals surface area contributed by atoms with Gasteiger partial charge < -0.3 is 9.64 Å². The van der Waals surface area contributed by atoms with Crippen molar-refractivity contribution < 1.29 is 18.1 Å². The molecule has 0 aliphatic carbocycles. The number of nitro groups is 1. The van der Waals surface area contributed by atoms with E-state index in [0.29, 0.717) is 6.54 Å². The van der Waals surface area contributed by atoms with Crippen LogP contribution in [-0.2, 0) is 10.0 Å². The third-order valence-electron chi connectivity index (χ3n) is 4.88. The second-order valence-electron chi connectivity index (χ2n) is 6.65. The van der Waals surface area contributed by atoms with Gasteiger partial charge in [-0.1, -0.05) is 12.1 Å². The first-order chi connectivity index (χ1) is 13.9. The van der Waals surface area contributed by atoms with Crippen molar-refractivity contribution in [2.75, 3.05) is 51.3 Å². The van der Waals surface area contributed by atoms with Gasteiger partial charge in [-0.3, -0.25) is 15.0 Å². The van der Waals surface area contributed by atoms with Gasteiger partial charge in [0.25, 0.3) is 5.69 Å². The number of sulfonamides is 1. The van der Waals surface area contributed by atoms with Crippen LogP contribution in [-0.4, -0.2) is 64.6 Å². The normalized spacial score (nSPS) is 15.3. The van der Waals surface area contributed by atoms with Crippen molar-refractivity contribution in [3.63, 3.8) is 0 Å². The molecule has 2 aromatic rings. The summed E-state index contributed by atoms with van der Waals surface area (Å²) in [6.07, 6.45) is 0. The van der Waals surface area contributed by atoms with Gasteiger partial charge in [0.05, 0.1) is 12.0 Å². The number of nitrogens with zero attached hydrogens (tertiary/aromatic N) is 3. The van der Waals surface area contributed by atoms with Crippen molar-refractivity contribution in [3.05, 3.63) is 58.6 Å². The van der Waals surface area contributed by atoms with Crippen molar-refractivity contribution in [3.8, 4) is 5.75 Å². The third kappa shape index (κ3) is 5.22. The Morgan fingerprint density at radius 3 is 2.34 bits per heavy atom. The maximum Gasteiger partial charge on any atom is 0.289 e. The molecule has 0 spiro atoms. The Labute approximate surface area is 170 Å². The molecule has 0 aromatic heterocycles.